The first-order valence-electron chi connectivity index (χ1n) is 25.5. The number of ether oxygens (including phenoxy) is 9. The first-order valence-corrected chi connectivity index (χ1v) is 26.2. The molecule has 4 saturated heterocycles. The monoisotopic (exact) mass is 1080 g/mol. The van der Waals surface area contributed by atoms with Crippen molar-refractivity contribution in [3.63, 3.8) is 0 Å². The summed E-state index contributed by atoms with van der Waals surface area (Å²) in [6, 6.07) is 3.29. The van der Waals surface area contributed by atoms with Crippen LogP contribution in [0.25, 0.3) is 0 Å². The van der Waals surface area contributed by atoms with Crippen molar-refractivity contribution in [2.75, 3.05) is 72.6 Å². The van der Waals surface area contributed by atoms with Gasteiger partial charge in [-0.15, -0.1) is 0 Å². The van der Waals surface area contributed by atoms with Crippen molar-refractivity contribution in [1.82, 2.24) is 20.1 Å². The van der Waals surface area contributed by atoms with Crippen LogP contribution in [0.15, 0.2) is 30.6 Å². The molecule has 5 heterocycles. The number of cyclic esters (lactones) is 1. The van der Waals surface area contributed by atoms with Gasteiger partial charge >= 0.3 is 18.0 Å². The Bertz CT molecular complexity index is 2270. The molecule has 0 bridgehead atoms. The number of nitrogens with zero attached hydrogens (tertiary/aromatic N) is 3. The lowest BCUT2D eigenvalue weighted by Gasteiger charge is -2.48. The fourth-order valence-corrected chi connectivity index (χ4v) is 11.5. The summed E-state index contributed by atoms with van der Waals surface area (Å²) in [6.45, 7) is 16.0. The lowest BCUT2D eigenvalue weighted by atomic mass is 9.73. The molecule has 0 aliphatic carbocycles. The maximum atomic E-state index is 15.1. The highest BCUT2D eigenvalue weighted by molar-refractivity contribution is 6.39. The number of Topliss-reactive ketones (excluding diaryl/α,β-unsaturated/α-hetero) is 1. The molecule has 412 valence electrons. The van der Waals surface area contributed by atoms with E-state index in [1.54, 1.807) is 67.6 Å². The maximum absolute atomic E-state index is 15.1. The fraction of sp³-hybridized carbons (Fsp3) is 0.692. The number of amides is 2. The Hall–Kier alpha value is -4.38. The SMILES string of the molecule is CC[C@H]1OC(=O)[C@H](C)[C@@H](OC(=O)CN2CCOCC2)[C@H](C)[C@@H](O[C@@H]2O[C@H](C)C[C@H](NC)[C@H]2O)[C@](C)(OC)C[C@@H](C)C(=O)[C@H](C)[C@H]2N(CCCOc3cc(C(=O)Nc4c(Cl)cncc4Cl)ccc3OC)C(=O)O[C@]12C. The van der Waals surface area contributed by atoms with Crippen LogP contribution in [0.4, 0.5) is 10.5 Å². The number of morpholine rings is 1. The van der Waals surface area contributed by atoms with Crippen LogP contribution in [0.5, 0.6) is 11.5 Å². The molecule has 3 N–H and O–H groups in total. The number of hydrogen-bond donors (Lipinski definition) is 3. The minimum atomic E-state index is -1.55. The van der Waals surface area contributed by atoms with E-state index in [4.69, 9.17) is 65.8 Å². The van der Waals surface area contributed by atoms with Crippen LogP contribution in [0.3, 0.4) is 0 Å². The third kappa shape index (κ3) is 13.2. The Labute approximate surface area is 443 Å². The number of pyridine rings is 1. The first kappa shape index (κ1) is 58.9. The van der Waals surface area contributed by atoms with Gasteiger partial charge in [0, 0.05) is 68.5 Å². The minimum absolute atomic E-state index is 0.0315. The van der Waals surface area contributed by atoms with Crippen LogP contribution < -0.4 is 20.1 Å². The average molecular weight is 1080 g/mol. The normalized spacial score (nSPS) is 33.4. The average Bonchev–Trinajstić information content (AvgIpc) is 3.64. The van der Waals surface area contributed by atoms with Crippen LogP contribution in [0.1, 0.15) is 91.4 Å². The summed E-state index contributed by atoms with van der Waals surface area (Å²) in [7, 11) is 4.69. The highest BCUT2D eigenvalue weighted by atomic mass is 35.5. The number of nitrogens with one attached hydrogen (secondary N) is 2. The van der Waals surface area contributed by atoms with Crippen molar-refractivity contribution >= 4 is 58.6 Å². The number of aliphatic hydroxyl groups excluding tert-OH is 1. The summed E-state index contributed by atoms with van der Waals surface area (Å²) in [6.07, 6.45) is -2.99. The quantitative estimate of drug-likeness (QED) is 0.100. The van der Waals surface area contributed by atoms with Gasteiger partial charge in [0.15, 0.2) is 23.4 Å². The predicted molar refractivity (Wildman–Crippen MR) is 272 cm³/mol. The van der Waals surface area contributed by atoms with E-state index in [0.29, 0.717) is 38.5 Å². The van der Waals surface area contributed by atoms with Crippen LogP contribution in [0.2, 0.25) is 10.0 Å². The molecule has 4 fully saturated rings. The summed E-state index contributed by atoms with van der Waals surface area (Å²) in [5.41, 5.74) is -2.49. The molecule has 4 aliphatic rings. The predicted octanol–water partition coefficient (Wildman–Crippen LogP) is 5.95. The number of benzene rings is 1. The zero-order chi connectivity index (χ0) is 54.2. The summed E-state index contributed by atoms with van der Waals surface area (Å²) >= 11 is 12.5. The number of aromatic nitrogens is 1. The summed E-state index contributed by atoms with van der Waals surface area (Å²) in [4.78, 5) is 78.8. The second-order valence-electron chi connectivity index (χ2n) is 20.3. The molecule has 20 nitrogen and oxygen atoms in total. The second kappa shape index (κ2) is 25.6. The van der Waals surface area contributed by atoms with Crippen LogP contribution in [-0.2, 0) is 47.5 Å². The Balaban J connectivity index is 1.31. The van der Waals surface area contributed by atoms with Gasteiger partial charge in [-0.2, -0.15) is 0 Å². The van der Waals surface area contributed by atoms with E-state index in [1.807, 2.05) is 11.8 Å². The van der Waals surface area contributed by atoms with Crippen molar-refractivity contribution in [3.05, 3.63) is 46.2 Å². The van der Waals surface area contributed by atoms with Crippen molar-refractivity contribution in [3.8, 4) is 11.5 Å². The van der Waals surface area contributed by atoms with Gasteiger partial charge in [-0.25, -0.2) is 4.79 Å². The topological polar surface area (TPSA) is 232 Å². The van der Waals surface area contributed by atoms with E-state index >= 15 is 4.79 Å². The number of esters is 2. The number of aliphatic hydroxyl groups is 1. The maximum Gasteiger partial charge on any atom is 0.410 e. The second-order valence-corrected chi connectivity index (χ2v) is 21.1. The Morgan fingerprint density at radius 1 is 0.986 bits per heavy atom. The van der Waals surface area contributed by atoms with E-state index in [-0.39, 0.29) is 83.9 Å². The van der Waals surface area contributed by atoms with Gasteiger partial charge in [0.2, 0.25) is 0 Å². The number of hydrogen-bond acceptors (Lipinski definition) is 18. The van der Waals surface area contributed by atoms with Gasteiger partial charge in [0.1, 0.15) is 24.1 Å². The number of carbonyl (C=O) groups excluding carboxylic acids is 5. The number of methoxy groups -OCH3 is 2. The summed E-state index contributed by atoms with van der Waals surface area (Å²) in [5.74, 6) is -5.10. The van der Waals surface area contributed by atoms with Crippen molar-refractivity contribution in [1.29, 1.82) is 0 Å². The fourth-order valence-electron chi connectivity index (χ4n) is 11.1. The van der Waals surface area contributed by atoms with Gasteiger partial charge in [-0.05, 0) is 78.6 Å². The van der Waals surface area contributed by atoms with Gasteiger partial charge in [-0.3, -0.25) is 29.1 Å². The molecule has 4 aliphatic heterocycles. The van der Waals surface area contributed by atoms with Gasteiger partial charge in [0.25, 0.3) is 5.91 Å². The van der Waals surface area contributed by atoms with E-state index < -0.39 is 95.6 Å². The molecule has 22 heteroatoms. The van der Waals surface area contributed by atoms with E-state index in [9.17, 15) is 24.3 Å². The third-order valence-electron chi connectivity index (χ3n) is 15.1. The van der Waals surface area contributed by atoms with E-state index in [1.165, 1.54) is 37.6 Å². The number of halogens is 2. The molecule has 2 amide bonds. The molecule has 0 radical (unpaired) electrons. The molecule has 2 aromatic rings. The molecule has 74 heavy (non-hydrogen) atoms. The Kier molecular flexibility index (Phi) is 20.4. The van der Waals surface area contributed by atoms with Gasteiger partial charge in [-0.1, -0.05) is 50.9 Å². The minimum Gasteiger partial charge on any atom is -0.493 e. The molecule has 14 atom stereocenters. The molecular formula is C52H75Cl2N5O15. The number of ketones is 1. The van der Waals surface area contributed by atoms with Crippen molar-refractivity contribution in [2.24, 2.45) is 23.7 Å². The zero-order valence-electron chi connectivity index (χ0n) is 44.4. The number of fused-ring (bicyclic) bond motifs is 1. The van der Waals surface area contributed by atoms with E-state index in [2.05, 4.69) is 15.6 Å². The zero-order valence-corrected chi connectivity index (χ0v) is 45.9. The number of anilines is 1. The number of rotatable bonds is 16. The largest absolute Gasteiger partial charge is 0.493 e. The lowest BCUT2D eigenvalue weighted by Crippen LogP contribution is -2.61. The standard InChI is InChI=1S/C52H75Cl2N5O15/c1-12-39-52(8)45(59(50(65)74-52)16-13-19-69-38-23-33(14-15-37(38)66-10)47(63)57-41-34(53)25-56-26-35(41)54)30(4)42(61)28(2)24-51(7,67-11)46(73-49-43(62)36(55-9)22-29(3)70-49)31(5)44(32(6)48(64)71-39)72-40(60)27-58-17-20-68-21-18-58/h14-15,23,25-26,28-32,36,39,43-46,49,55,62H,12-13,16-22,24,27H2,1-11H3,(H,56,57,63)/t28-,29-,30+,31+,32-,36+,39-,43-,44+,45-,46-,49+,51-,52-/m1/s1. The molecule has 6 rings (SSSR count). The first-order chi connectivity index (χ1) is 35.1. The number of likely N-dealkylation sites (N-methyl/N-ethyl adjacent to an activating group) is 1. The van der Waals surface area contributed by atoms with Crippen molar-refractivity contribution < 1.29 is 71.7 Å². The number of carbonyl (C=O) groups is 5. The molecule has 0 spiro atoms. The van der Waals surface area contributed by atoms with Crippen LogP contribution in [0, 0.1) is 23.7 Å². The molecule has 0 unspecified atom stereocenters. The molecular weight excluding hydrogens is 1010 g/mol. The highest BCUT2D eigenvalue weighted by Crippen LogP contribution is 2.44. The van der Waals surface area contributed by atoms with E-state index in [0.717, 1.165) is 0 Å². The Morgan fingerprint density at radius 2 is 1.68 bits per heavy atom. The summed E-state index contributed by atoms with van der Waals surface area (Å²) in [5, 5.41) is 17.8. The smallest absolute Gasteiger partial charge is 0.410 e. The Morgan fingerprint density at radius 3 is 2.31 bits per heavy atom. The third-order valence-corrected chi connectivity index (χ3v) is 15.7. The van der Waals surface area contributed by atoms with Gasteiger partial charge in [0.05, 0.1) is 79.0 Å². The molecule has 0 saturated carbocycles. The molecule has 1 aromatic heterocycles. The van der Waals surface area contributed by atoms with Crippen LogP contribution in [-0.4, -0.2) is 177 Å². The summed E-state index contributed by atoms with van der Waals surface area (Å²) < 4.78 is 55.7. The highest BCUT2D eigenvalue weighted by Gasteiger charge is 2.60. The lowest BCUT2D eigenvalue weighted by molar-refractivity contribution is -0.297. The van der Waals surface area contributed by atoms with Crippen LogP contribution >= 0.6 is 23.2 Å². The van der Waals surface area contributed by atoms with Gasteiger partial charge < -0.3 is 63.3 Å². The van der Waals surface area contributed by atoms with Crippen molar-refractivity contribution in [2.45, 2.75) is 141 Å². The molecule has 1 aromatic carbocycles.